The zero-order valence-electron chi connectivity index (χ0n) is 9.76. The minimum Gasteiger partial charge on any atom is -0.494 e. The first-order valence-corrected chi connectivity index (χ1v) is 6.44. The van der Waals surface area contributed by atoms with E-state index in [1.165, 1.54) is 7.11 Å². The lowest BCUT2D eigenvalue weighted by molar-refractivity contribution is 0.383. The minimum atomic E-state index is -0.627. The van der Waals surface area contributed by atoms with Gasteiger partial charge in [-0.3, -0.25) is 0 Å². The molecule has 96 valence electrons. The van der Waals surface area contributed by atoms with Gasteiger partial charge in [0.05, 0.1) is 12.8 Å². The van der Waals surface area contributed by atoms with Gasteiger partial charge < -0.3 is 4.74 Å². The van der Waals surface area contributed by atoms with E-state index in [0.29, 0.717) is 21.5 Å². The van der Waals surface area contributed by atoms with Gasteiger partial charge >= 0.3 is 0 Å². The number of halogens is 3. The van der Waals surface area contributed by atoms with Crippen LogP contribution in [0.15, 0.2) is 12.1 Å². The lowest BCUT2D eigenvalue weighted by atomic mass is 10.2. The smallest absolute Gasteiger partial charge is 0.165 e. The van der Waals surface area contributed by atoms with Crippen molar-refractivity contribution in [3.8, 4) is 16.3 Å². The Balaban J connectivity index is 2.53. The molecule has 0 atom stereocenters. The predicted molar refractivity (Wildman–Crippen MR) is 68.4 cm³/mol. The van der Waals surface area contributed by atoms with Crippen LogP contribution in [0.4, 0.5) is 8.78 Å². The zero-order valence-corrected chi connectivity index (χ0v) is 11.3. The van der Waals surface area contributed by atoms with Gasteiger partial charge in [0.15, 0.2) is 11.6 Å². The number of rotatable bonds is 3. The van der Waals surface area contributed by atoms with Crippen molar-refractivity contribution in [3.63, 3.8) is 0 Å². The molecule has 1 heterocycles. The van der Waals surface area contributed by atoms with Crippen molar-refractivity contribution in [1.82, 2.24) is 4.98 Å². The Morgan fingerprint density at radius 1 is 1.33 bits per heavy atom. The average molecular weight is 290 g/mol. The van der Waals surface area contributed by atoms with E-state index in [4.69, 9.17) is 16.3 Å². The number of aromatic nitrogens is 1. The molecular formula is C12H10ClF2NOS. The van der Waals surface area contributed by atoms with Crippen LogP contribution in [0.3, 0.4) is 0 Å². The number of aryl methyl sites for hydroxylation is 1. The predicted octanol–water partition coefficient (Wildman–Crippen LogP) is 4.31. The number of ether oxygens (including phenoxy) is 1. The van der Waals surface area contributed by atoms with E-state index in [-0.39, 0.29) is 11.3 Å². The second-order valence-electron chi connectivity index (χ2n) is 3.56. The van der Waals surface area contributed by atoms with Crippen LogP contribution in [0.5, 0.6) is 5.75 Å². The fourth-order valence-corrected chi connectivity index (χ4v) is 2.81. The number of thiazole rings is 1. The fraction of sp³-hybridized carbons (Fsp3) is 0.250. The molecule has 0 amide bonds. The molecule has 0 aliphatic carbocycles. The molecule has 0 fully saturated rings. The third-order valence-corrected chi connectivity index (χ3v) is 3.83. The van der Waals surface area contributed by atoms with Gasteiger partial charge in [-0.2, -0.15) is 0 Å². The number of nitrogens with zero attached hydrogens (tertiary/aromatic N) is 1. The second kappa shape index (κ2) is 5.20. The average Bonchev–Trinajstić information content (AvgIpc) is 2.72. The number of benzene rings is 1. The van der Waals surface area contributed by atoms with Crippen molar-refractivity contribution < 1.29 is 13.5 Å². The van der Waals surface area contributed by atoms with Crippen molar-refractivity contribution in [2.24, 2.45) is 0 Å². The minimum absolute atomic E-state index is 0.0971. The summed E-state index contributed by atoms with van der Waals surface area (Å²) in [4.78, 5) is 4.20. The summed E-state index contributed by atoms with van der Waals surface area (Å²) in [7, 11) is 1.28. The summed E-state index contributed by atoms with van der Waals surface area (Å²) in [5.74, 6) is -1.34. The second-order valence-corrected chi connectivity index (χ2v) is 5.16. The molecule has 1 aromatic heterocycles. The fourth-order valence-electron chi connectivity index (χ4n) is 1.52. The van der Waals surface area contributed by atoms with Gasteiger partial charge in [0, 0.05) is 11.6 Å². The lowest BCUT2D eigenvalue weighted by Crippen LogP contribution is -1.92. The van der Waals surface area contributed by atoms with E-state index in [9.17, 15) is 8.78 Å². The van der Waals surface area contributed by atoms with Crippen LogP contribution in [-0.4, -0.2) is 12.1 Å². The Hall–Kier alpha value is -1.20. The monoisotopic (exact) mass is 289 g/mol. The van der Waals surface area contributed by atoms with E-state index < -0.39 is 11.6 Å². The van der Waals surface area contributed by atoms with Crippen LogP contribution < -0.4 is 4.74 Å². The SMILES string of the molecule is CCc1nc(-c2cc(F)c(OC)cc2F)sc1Cl. The van der Waals surface area contributed by atoms with Gasteiger partial charge in [-0.25, -0.2) is 13.8 Å². The molecule has 2 rings (SSSR count). The van der Waals surface area contributed by atoms with Crippen molar-refractivity contribution in [1.29, 1.82) is 0 Å². The summed E-state index contributed by atoms with van der Waals surface area (Å²) >= 11 is 7.10. The Morgan fingerprint density at radius 2 is 2.06 bits per heavy atom. The summed E-state index contributed by atoms with van der Waals surface area (Å²) in [6.07, 6.45) is 0.648. The van der Waals surface area contributed by atoms with Gasteiger partial charge in [-0.05, 0) is 12.5 Å². The summed E-state index contributed by atoms with van der Waals surface area (Å²) in [5, 5.41) is 0.371. The van der Waals surface area contributed by atoms with Gasteiger partial charge in [0.25, 0.3) is 0 Å². The van der Waals surface area contributed by atoms with Gasteiger partial charge in [-0.15, -0.1) is 11.3 Å². The molecule has 0 saturated carbocycles. The highest BCUT2D eigenvalue weighted by molar-refractivity contribution is 7.19. The molecule has 0 spiro atoms. The molecule has 2 nitrogen and oxygen atoms in total. The first-order chi connectivity index (χ1) is 8.56. The maximum atomic E-state index is 13.8. The lowest BCUT2D eigenvalue weighted by Gasteiger charge is -2.04. The number of hydrogen-bond donors (Lipinski definition) is 0. The first-order valence-electron chi connectivity index (χ1n) is 5.25. The highest BCUT2D eigenvalue weighted by Crippen LogP contribution is 2.35. The molecule has 0 aliphatic heterocycles. The van der Waals surface area contributed by atoms with E-state index in [0.717, 1.165) is 23.5 Å². The Labute approximate surface area is 112 Å². The topological polar surface area (TPSA) is 22.1 Å². The van der Waals surface area contributed by atoms with Crippen LogP contribution >= 0.6 is 22.9 Å². The van der Waals surface area contributed by atoms with Crippen molar-refractivity contribution >= 4 is 22.9 Å². The van der Waals surface area contributed by atoms with Gasteiger partial charge in [0.2, 0.25) is 0 Å². The molecule has 2 aromatic rings. The molecule has 0 N–H and O–H groups in total. The van der Waals surface area contributed by atoms with Crippen molar-refractivity contribution in [3.05, 3.63) is 33.8 Å². The Kier molecular flexibility index (Phi) is 3.82. The third-order valence-electron chi connectivity index (χ3n) is 2.46. The van der Waals surface area contributed by atoms with Crippen molar-refractivity contribution in [2.75, 3.05) is 7.11 Å². The number of hydrogen-bond acceptors (Lipinski definition) is 3. The molecule has 0 radical (unpaired) electrons. The van der Waals surface area contributed by atoms with E-state index in [1.807, 2.05) is 6.92 Å². The molecular weight excluding hydrogens is 280 g/mol. The number of methoxy groups -OCH3 is 1. The molecule has 0 aliphatic rings. The standard InChI is InChI=1S/C12H10ClF2NOS/c1-3-9-11(13)18-12(16-9)6-4-8(15)10(17-2)5-7(6)14/h4-5H,3H2,1-2H3. The summed E-state index contributed by atoms with van der Waals surface area (Å²) in [6, 6.07) is 2.08. The van der Waals surface area contributed by atoms with Gasteiger partial charge in [-0.1, -0.05) is 18.5 Å². The largest absolute Gasteiger partial charge is 0.494 e. The molecule has 0 bridgehead atoms. The summed E-state index contributed by atoms with van der Waals surface area (Å²) in [5.41, 5.74) is 0.784. The summed E-state index contributed by atoms with van der Waals surface area (Å²) < 4.78 is 32.6. The van der Waals surface area contributed by atoms with E-state index >= 15 is 0 Å². The Morgan fingerprint density at radius 3 is 2.61 bits per heavy atom. The maximum absolute atomic E-state index is 13.8. The van der Waals surface area contributed by atoms with Crippen LogP contribution in [0, 0.1) is 11.6 Å². The van der Waals surface area contributed by atoms with Crippen LogP contribution in [0.1, 0.15) is 12.6 Å². The molecule has 1 aromatic carbocycles. The molecule has 0 saturated heterocycles. The first kappa shape index (κ1) is 13.2. The molecule has 0 unspecified atom stereocenters. The van der Waals surface area contributed by atoms with E-state index in [1.54, 1.807) is 0 Å². The van der Waals surface area contributed by atoms with Gasteiger partial charge in [0.1, 0.15) is 15.2 Å². The van der Waals surface area contributed by atoms with Crippen LogP contribution in [-0.2, 0) is 6.42 Å². The third kappa shape index (κ3) is 2.33. The molecule has 6 heteroatoms. The maximum Gasteiger partial charge on any atom is 0.165 e. The van der Waals surface area contributed by atoms with E-state index in [2.05, 4.69) is 4.98 Å². The normalized spacial score (nSPS) is 10.7. The highest BCUT2D eigenvalue weighted by Gasteiger charge is 2.16. The van der Waals surface area contributed by atoms with Crippen LogP contribution in [0.2, 0.25) is 4.34 Å². The van der Waals surface area contributed by atoms with Crippen molar-refractivity contribution in [2.45, 2.75) is 13.3 Å². The summed E-state index contributed by atoms with van der Waals surface area (Å²) in [6.45, 7) is 1.90. The highest BCUT2D eigenvalue weighted by atomic mass is 35.5. The Bertz CT molecular complexity index is 586. The zero-order chi connectivity index (χ0) is 13.3. The van der Waals surface area contributed by atoms with Crippen LogP contribution in [0.25, 0.3) is 10.6 Å². The quantitative estimate of drug-likeness (QED) is 0.840. The molecule has 18 heavy (non-hydrogen) atoms.